The molecule has 2 unspecified atom stereocenters. The summed E-state index contributed by atoms with van der Waals surface area (Å²) in [6.07, 6.45) is -5.47. The molecule has 0 aromatic rings. The standard InChI is InChI=1S/C8H12O10/c1-4(10)15-17-8(14)18-16-7(13)2-5(11)6(12)3-9/h5-6,9,11-12H,2-3H2,1H3. The van der Waals surface area contributed by atoms with Crippen LogP contribution in [0.25, 0.3) is 0 Å². The van der Waals surface area contributed by atoms with E-state index in [-0.39, 0.29) is 0 Å². The van der Waals surface area contributed by atoms with Crippen LogP contribution in [0.2, 0.25) is 0 Å². The second kappa shape index (κ2) is 8.22. The van der Waals surface area contributed by atoms with E-state index in [4.69, 9.17) is 15.3 Å². The fourth-order valence-corrected chi connectivity index (χ4v) is 0.650. The van der Waals surface area contributed by atoms with Crippen molar-refractivity contribution in [2.24, 2.45) is 0 Å². The van der Waals surface area contributed by atoms with Gasteiger partial charge in [-0.05, 0) is 0 Å². The quantitative estimate of drug-likeness (QED) is 0.393. The van der Waals surface area contributed by atoms with Crippen molar-refractivity contribution in [1.29, 1.82) is 0 Å². The highest BCUT2D eigenvalue weighted by atomic mass is 17.3. The molecule has 0 radical (unpaired) electrons. The molecule has 3 N–H and O–H groups in total. The van der Waals surface area contributed by atoms with Gasteiger partial charge in [0.25, 0.3) is 0 Å². The topological polar surface area (TPSA) is 149 Å². The molecule has 104 valence electrons. The normalized spacial score (nSPS) is 13.1. The summed E-state index contributed by atoms with van der Waals surface area (Å²) in [4.78, 5) is 46.7. The molecule has 0 rings (SSSR count). The molecule has 0 aliphatic carbocycles. The van der Waals surface area contributed by atoms with E-state index < -0.39 is 43.3 Å². The predicted octanol–water partition coefficient (Wildman–Crippen LogP) is -1.82. The zero-order chi connectivity index (χ0) is 14.1. The molecule has 0 saturated heterocycles. The molecule has 0 bridgehead atoms. The lowest BCUT2D eigenvalue weighted by Crippen LogP contribution is -2.32. The molecular weight excluding hydrogens is 256 g/mol. The molecule has 0 aliphatic heterocycles. The number of aliphatic hydroxyl groups is 3. The van der Waals surface area contributed by atoms with Gasteiger partial charge in [-0.1, -0.05) is 0 Å². The summed E-state index contributed by atoms with van der Waals surface area (Å²) in [5.74, 6) is -2.14. The minimum Gasteiger partial charge on any atom is -0.394 e. The molecule has 0 aromatic carbocycles. The van der Waals surface area contributed by atoms with Crippen LogP contribution < -0.4 is 0 Å². The molecule has 0 saturated carbocycles. The monoisotopic (exact) mass is 268 g/mol. The van der Waals surface area contributed by atoms with Crippen molar-refractivity contribution < 1.29 is 49.3 Å². The Morgan fingerprint density at radius 2 is 1.56 bits per heavy atom. The van der Waals surface area contributed by atoms with Gasteiger partial charge in [-0.25, -0.2) is 29.1 Å². The molecule has 0 aromatic heterocycles. The zero-order valence-corrected chi connectivity index (χ0v) is 9.27. The van der Waals surface area contributed by atoms with Crippen molar-refractivity contribution in [2.75, 3.05) is 6.61 Å². The summed E-state index contributed by atoms with van der Waals surface area (Å²) in [7, 11) is 0. The van der Waals surface area contributed by atoms with Crippen molar-refractivity contribution in [2.45, 2.75) is 25.6 Å². The number of carbonyl (C=O) groups is 3. The first kappa shape index (κ1) is 16.1. The number of hydrogen-bond donors (Lipinski definition) is 3. The van der Waals surface area contributed by atoms with E-state index in [1.54, 1.807) is 0 Å². The second-order valence-electron chi connectivity index (χ2n) is 2.97. The lowest BCUT2D eigenvalue weighted by atomic mass is 10.1. The van der Waals surface area contributed by atoms with Crippen LogP contribution in [0.3, 0.4) is 0 Å². The average Bonchev–Trinajstić information content (AvgIpc) is 2.32. The van der Waals surface area contributed by atoms with Gasteiger partial charge in [0.15, 0.2) is 0 Å². The third-order valence-corrected chi connectivity index (χ3v) is 1.44. The molecular formula is C8H12O10. The van der Waals surface area contributed by atoms with Gasteiger partial charge in [-0.2, -0.15) is 4.79 Å². The Morgan fingerprint density at radius 3 is 2.06 bits per heavy atom. The summed E-state index contributed by atoms with van der Waals surface area (Å²) in [6, 6.07) is 0. The fourth-order valence-electron chi connectivity index (χ4n) is 0.650. The van der Waals surface area contributed by atoms with Crippen LogP contribution in [0.4, 0.5) is 4.79 Å². The van der Waals surface area contributed by atoms with Gasteiger partial charge < -0.3 is 15.3 Å². The Balaban J connectivity index is 3.82. The van der Waals surface area contributed by atoms with Gasteiger partial charge in [-0.3, -0.25) is 0 Å². The highest BCUT2D eigenvalue weighted by Crippen LogP contribution is 2.01. The largest absolute Gasteiger partial charge is 0.591 e. The maximum atomic E-state index is 10.9. The highest BCUT2D eigenvalue weighted by Gasteiger charge is 2.22. The molecule has 10 heteroatoms. The van der Waals surface area contributed by atoms with E-state index in [1.165, 1.54) is 0 Å². The lowest BCUT2D eigenvalue weighted by molar-refractivity contribution is -0.292. The van der Waals surface area contributed by atoms with Crippen LogP contribution in [0.15, 0.2) is 0 Å². The maximum Gasteiger partial charge on any atom is 0.591 e. The van der Waals surface area contributed by atoms with Gasteiger partial charge in [0.05, 0.1) is 19.1 Å². The first-order valence-corrected chi connectivity index (χ1v) is 4.60. The van der Waals surface area contributed by atoms with Gasteiger partial charge in [-0.15, -0.1) is 0 Å². The first-order chi connectivity index (χ1) is 8.36. The summed E-state index contributed by atoms with van der Waals surface area (Å²) < 4.78 is 0. The van der Waals surface area contributed by atoms with E-state index in [9.17, 15) is 14.4 Å². The van der Waals surface area contributed by atoms with Crippen molar-refractivity contribution in [1.82, 2.24) is 0 Å². The Hall–Kier alpha value is -1.91. The van der Waals surface area contributed by atoms with E-state index in [2.05, 4.69) is 19.6 Å². The van der Waals surface area contributed by atoms with Crippen molar-refractivity contribution >= 4 is 18.1 Å². The SMILES string of the molecule is CC(=O)OOC(=O)OOC(=O)CC(O)C(O)CO. The highest BCUT2D eigenvalue weighted by molar-refractivity contribution is 5.71. The summed E-state index contributed by atoms with van der Waals surface area (Å²) in [5.41, 5.74) is 0. The van der Waals surface area contributed by atoms with Crippen LogP contribution in [0.5, 0.6) is 0 Å². The van der Waals surface area contributed by atoms with Gasteiger partial charge >= 0.3 is 18.1 Å². The van der Waals surface area contributed by atoms with Crippen LogP contribution in [-0.2, 0) is 29.1 Å². The maximum absolute atomic E-state index is 10.9. The molecule has 0 aliphatic rings. The van der Waals surface area contributed by atoms with Crippen LogP contribution in [-0.4, -0.2) is 52.2 Å². The number of carbonyl (C=O) groups excluding carboxylic acids is 3. The lowest BCUT2D eigenvalue weighted by Gasteiger charge is -2.13. The predicted molar refractivity (Wildman–Crippen MR) is 49.1 cm³/mol. The van der Waals surface area contributed by atoms with E-state index in [0.717, 1.165) is 6.92 Å². The number of hydrogen-bond acceptors (Lipinski definition) is 10. The Bertz CT molecular complexity index is 300. The first-order valence-electron chi connectivity index (χ1n) is 4.60. The zero-order valence-electron chi connectivity index (χ0n) is 9.27. The van der Waals surface area contributed by atoms with Crippen molar-refractivity contribution in [3.8, 4) is 0 Å². The van der Waals surface area contributed by atoms with Crippen LogP contribution in [0, 0.1) is 0 Å². The molecule has 0 spiro atoms. The van der Waals surface area contributed by atoms with E-state index in [0.29, 0.717) is 0 Å². The third-order valence-electron chi connectivity index (χ3n) is 1.44. The molecule has 10 nitrogen and oxygen atoms in total. The van der Waals surface area contributed by atoms with Gasteiger partial charge in [0, 0.05) is 6.92 Å². The smallest absolute Gasteiger partial charge is 0.394 e. The minimum atomic E-state index is -1.62. The van der Waals surface area contributed by atoms with Crippen molar-refractivity contribution in [3.05, 3.63) is 0 Å². The van der Waals surface area contributed by atoms with E-state index >= 15 is 0 Å². The third kappa shape index (κ3) is 7.38. The molecule has 18 heavy (non-hydrogen) atoms. The van der Waals surface area contributed by atoms with E-state index in [1.807, 2.05) is 0 Å². The Morgan fingerprint density at radius 1 is 1.00 bits per heavy atom. The second-order valence-corrected chi connectivity index (χ2v) is 2.97. The Kier molecular flexibility index (Phi) is 7.35. The fraction of sp³-hybridized carbons (Fsp3) is 0.625. The minimum absolute atomic E-state index is 0.734. The molecule has 0 heterocycles. The number of rotatable bonds is 4. The molecule has 0 fully saturated rings. The van der Waals surface area contributed by atoms with Gasteiger partial charge in [0.1, 0.15) is 6.10 Å². The van der Waals surface area contributed by atoms with Crippen LogP contribution >= 0.6 is 0 Å². The van der Waals surface area contributed by atoms with Crippen LogP contribution in [0.1, 0.15) is 13.3 Å². The number of aliphatic hydroxyl groups excluding tert-OH is 3. The summed E-state index contributed by atoms with van der Waals surface area (Å²) in [6.45, 7) is 0.190. The van der Waals surface area contributed by atoms with Gasteiger partial charge in [0.2, 0.25) is 0 Å². The Labute approximate surface area is 100 Å². The summed E-state index contributed by atoms with van der Waals surface area (Å²) >= 11 is 0. The molecule has 2 atom stereocenters. The molecule has 0 amide bonds. The average molecular weight is 268 g/mol. The summed E-state index contributed by atoms with van der Waals surface area (Å²) in [5, 5.41) is 26.4. The van der Waals surface area contributed by atoms with Crippen molar-refractivity contribution in [3.63, 3.8) is 0 Å².